The van der Waals surface area contributed by atoms with Crippen molar-refractivity contribution in [3.63, 3.8) is 0 Å². The number of hydrogen-bond donors (Lipinski definition) is 1. The Balaban J connectivity index is 1.47. The fourth-order valence-electron chi connectivity index (χ4n) is 4.31. The third-order valence-corrected chi connectivity index (χ3v) is 6.85. The Morgan fingerprint density at radius 3 is 2.26 bits per heavy atom. The topological polar surface area (TPSA) is 96.8 Å². The molecular weight excluding hydrogens is 568 g/mol. The van der Waals surface area contributed by atoms with Gasteiger partial charge < -0.3 is 28.4 Å². The Morgan fingerprint density at radius 2 is 1.64 bits per heavy atom. The number of nitrogens with zero attached hydrogens (tertiary/aromatic N) is 1. The summed E-state index contributed by atoms with van der Waals surface area (Å²) in [6.45, 7) is 1.59. The molecule has 10 heteroatoms. The lowest BCUT2D eigenvalue weighted by molar-refractivity contribution is -0.123. The van der Waals surface area contributed by atoms with Gasteiger partial charge in [-0.25, -0.2) is 5.43 Å². The van der Waals surface area contributed by atoms with Crippen LogP contribution in [0.4, 0.5) is 0 Å². The van der Waals surface area contributed by atoms with Crippen molar-refractivity contribution in [1.29, 1.82) is 0 Å². The van der Waals surface area contributed by atoms with Crippen molar-refractivity contribution in [2.24, 2.45) is 5.10 Å². The van der Waals surface area contributed by atoms with Crippen LogP contribution in [-0.4, -0.2) is 46.7 Å². The van der Waals surface area contributed by atoms with Crippen molar-refractivity contribution in [2.45, 2.75) is 25.9 Å². The van der Waals surface area contributed by atoms with Crippen molar-refractivity contribution >= 4 is 27.5 Å². The van der Waals surface area contributed by atoms with E-state index in [1.807, 2.05) is 43.3 Å². The highest BCUT2D eigenvalue weighted by molar-refractivity contribution is 9.10. The molecule has 1 aliphatic heterocycles. The largest absolute Gasteiger partial charge is 0.496 e. The highest BCUT2D eigenvalue weighted by atomic mass is 79.9. The van der Waals surface area contributed by atoms with Crippen LogP contribution >= 0.6 is 15.9 Å². The van der Waals surface area contributed by atoms with Crippen molar-refractivity contribution in [1.82, 2.24) is 5.43 Å². The molecule has 206 valence electrons. The predicted molar refractivity (Wildman–Crippen MR) is 151 cm³/mol. The highest BCUT2D eigenvalue weighted by Crippen LogP contribution is 2.45. The fraction of sp³-hybridized carbons (Fsp3) is 0.310. The second-order valence-electron chi connectivity index (χ2n) is 8.73. The van der Waals surface area contributed by atoms with Gasteiger partial charge in [0.05, 0.1) is 34.2 Å². The lowest BCUT2D eigenvalue weighted by Gasteiger charge is -2.29. The molecule has 0 aliphatic carbocycles. The minimum absolute atomic E-state index is 0.227. The quantitative estimate of drug-likeness (QED) is 0.244. The standard InChI is InChI=1S/C29H31BrN2O7/c1-17(18-6-8-20(30)9-7-18)31-32-28(33)16-38-21-14-24(34-2)22-10-11-23(39-25(22)15-21)19-12-26(35-3)29(37-5)27(13-19)36-4/h6-9,12-15,23H,10-11,16H2,1-5H3,(H,32,33)/b31-17+. The van der Waals surface area contributed by atoms with Gasteiger partial charge in [-0.1, -0.05) is 28.1 Å². The number of hydrogen-bond acceptors (Lipinski definition) is 8. The van der Waals surface area contributed by atoms with Gasteiger partial charge in [0.1, 0.15) is 23.4 Å². The first-order valence-electron chi connectivity index (χ1n) is 12.3. The van der Waals surface area contributed by atoms with E-state index in [-0.39, 0.29) is 18.6 Å². The number of methoxy groups -OCH3 is 4. The molecule has 0 spiro atoms. The average molecular weight is 599 g/mol. The van der Waals surface area contributed by atoms with E-state index in [1.165, 1.54) is 0 Å². The molecule has 4 rings (SSSR count). The number of rotatable bonds is 10. The zero-order chi connectivity index (χ0) is 27.9. The molecule has 0 radical (unpaired) electrons. The summed E-state index contributed by atoms with van der Waals surface area (Å²) in [5.41, 5.74) is 5.94. The number of carbonyl (C=O) groups excluding carboxylic acids is 1. The number of amides is 1. The molecule has 0 saturated carbocycles. The Morgan fingerprint density at radius 1 is 0.974 bits per heavy atom. The summed E-state index contributed by atoms with van der Waals surface area (Å²) in [4.78, 5) is 12.4. The normalized spacial score (nSPS) is 14.5. The summed E-state index contributed by atoms with van der Waals surface area (Å²) in [6.07, 6.45) is 1.19. The molecule has 3 aromatic rings. The minimum Gasteiger partial charge on any atom is -0.496 e. The molecule has 1 N–H and O–H groups in total. The van der Waals surface area contributed by atoms with Crippen molar-refractivity contribution < 1.29 is 33.2 Å². The Labute approximate surface area is 236 Å². The summed E-state index contributed by atoms with van der Waals surface area (Å²) in [5.74, 6) is 2.94. The van der Waals surface area contributed by atoms with Gasteiger partial charge in [0.15, 0.2) is 18.1 Å². The van der Waals surface area contributed by atoms with Crippen LogP contribution in [0.2, 0.25) is 0 Å². The van der Waals surface area contributed by atoms with Crippen LogP contribution < -0.4 is 33.8 Å². The molecule has 1 atom stereocenters. The average Bonchev–Trinajstić information content (AvgIpc) is 2.97. The van der Waals surface area contributed by atoms with E-state index in [0.717, 1.165) is 34.0 Å². The third kappa shape index (κ3) is 6.57. The van der Waals surface area contributed by atoms with E-state index < -0.39 is 0 Å². The van der Waals surface area contributed by atoms with Gasteiger partial charge in [-0.05, 0) is 55.2 Å². The van der Waals surface area contributed by atoms with Crippen molar-refractivity contribution in [3.05, 3.63) is 69.7 Å². The van der Waals surface area contributed by atoms with E-state index in [2.05, 4.69) is 26.5 Å². The number of fused-ring (bicyclic) bond motifs is 1. The van der Waals surface area contributed by atoms with E-state index in [9.17, 15) is 4.79 Å². The number of carbonyl (C=O) groups is 1. The van der Waals surface area contributed by atoms with E-state index in [1.54, 1.807) is 40.6 Å². The molecule has 1 amide bonds. The van der Waals surface area contributed by atoms with Gasteiger partial charge in [0.2, 0.25) is 5.75 Å². The minimum atomic E-state index is -0.389. The first-order valence-corrected chi connectivity index (χ1v) is 13.1. The van der Waals surface area contributed by atoms with Crippen LogP contribution in [-0.2, 0) is 11.2 Å². The van der Waals surface area contributed by atoms with Gasteiger partial charge in [0.25, 0.3) is 5.91 Å². The van der Waals surface area contributed by atoms with Crippen LogP contribution in [0, 0.1) is 0 Å². The fourth-order valence-corrected chi connectivity index (χ4v) is 4.57. The van der Waals surface area contributed by atoms with E-state index >= 15 is 0 Å². The summed E-state index contributed by atoms with van der Waals surface area (Å²) in [7, 11) is 6.32. The molecule has 0 bridgehead atoms. The SMILES string of the molecule is COc1cc(OCC(=O)N/N=C(\C)c2ccc(Br)cc2)cc2c1CCC(c1cc(OC)c(OC)c(OC)c1)O2. The molecule has 1 unspecified atom stereocenters. The van der Waals surface area contributed by atoms with Crippen LogP contribution in [0.25, 0.3) is 0 Å². The Bertz CT molecular complexity index is 1330. The highest BCUT2D eigenvalue weighted by Gasteiger charge is 2.27. The molecule has 3 aromatic carbocycles. The first kappa shape index (κ1) is 28.1. The van der Waals surface area contributed by atoms with E-state index in [4.69, 9.17) is 28.4 Å². The van der Waals surface area contributed by atoms with E-state index in [0.29, 0.717) is 40.2 Å². The molecule has 1 aliphatic rings. The first-order chi connectivity index (χ1) is 18.9. The zero-order valence-corrected chi connectivity index (χ0v) is 24.1. The summed E-state index contributed by atoms with van der Waals surface area (Å²) in [6, 6.07) is 14.9. The monoisotopic (exact) mass is 598 g/mol. The van der Waals surface area contributed by atoms with Gasteiger partial charge in [-0.3, -0.25) is 4.79 Å². The van der Waals surface area contributed by atoms with Gasteiger partial charge in [0, 0.05) is 22.2 Å². The van der Waals surface area contributed by atoms with Crippen LogP contribution in [0.3, 0.4) is 0 Å². The molecule has 1 heterocycles. The maximum absolute atomic E-state index is 12.4. The van der Waals surface area contributed by atoms with Crippen LogP contribution in [0.5, 0.6) is 34.5 Å². The molecule has 9 nitrogen and oxygen atoms in total. The summed E-state index contributed by atoms with van der Waals surface area (Å²) >= 11 is 3.41. The second kappa shape index (κ2) is 12.8. The number of nitrogens with one attached hydrogen (secondary N) is 1. The maximum atomic E-state index is 12.4. The molecule has 0 aromatic heterocycles. The third-order valence-electron chi connectivity index (χ3n) is 6.33. The van der Waals surface area contributed by atoms with Crippen LogP contribution in [0.1, 0.15) is 36.1 Å². The summed E-state index contributed by atoms with van der Waals surface area (Å²) < 4.78 is 35.2. The Kier molecular flexibility index (Phi) is 9.19. The molecular formula is C29H31BrN2O7. The lowest BCUT2D eigenvalue weighted by atomic mass is 9.96. The second-order valence-corrected chi connectivity index (χ2v) is 9.65. The maximum Gasteiger partial charge on any atom is 0.277 e. The molecule has 39 heavy (non-hydrogen) atoms. The number of hydrazone groups is 1. The zero-order valence-electron chi connectivity index (χ0n) is 22.5. The number of ether oxygens (including phenoxy) is 6. The lowest BCUT2D eigenvalue weighted by Crippen LogP contribution is -2.25. The molecule has 0 fully saturated rings. The summed E-state index contributed by atoms with van der Waals surface area (Å²) in [5, 5.41) is 4.17. The van der Waals surface area contributed by atoms with Crippen molar-refractivity contribution in [2.75, 3.05) is 35.0 Å². The van der Waals surface area contributed by atoms with Gasteiger partial charge >= 0.3 is 0 Å². The number of benzene rings is 3. The predicted octanol–water partition coefficient (Wildman–Crippen LogP) is 5.47. The van der Waals surface area contributed by atoms with Crippen LogP contribution in [0.15, 0.2) is 58.1 Å². The van der Waals surface area contributed by atoms with Gasteiger partial charge in [-0.15, -0.1) is 0 Å². The Hall–Kier alpha value is -3.92. The van der Waals surface area contributed by atoms with Gasteiger partial charge in [-0.2, -0.15) is 5.10 Å². The number of halogens is 1. The molecule has 0 saturated heterocycles. The van der Waals surface area contributed by atoms with Crippen molar-refractivity contribution in [3.8, 4) is 34.5 Å². The smallest absolute Gasteiger partial charge is 0.277 e.